The zero-order valence-electron chi connectivity index (χ0n) is 17.7. The van der Waals surface area contributed by atoms with Crippen LogP contribution in [-0.4, -0.2) is 18.3 Å². The van der Waals surface area contributed by atoms with Gasteiger partial charge in [0.1, 0.15) is 22.2 Å². The van der Waals surface area contributed by atoms with Crippen LogP contribution in [0.25, 0.3) is 21.6 Å². The van der Waals surface area contributed by atoms with E-state index < -0.39 is 12.3 Å². The first-order chi connectivity index (χ1) is 15.2. The standard InChI is InChI=1S/C23H23F3O4S2/c1-4-5-6-7-17-12-20(30-23(24,25)26)21(32-17)19-10-15-8-9-16(11-18(15)29-19)31-13-28-22(27)14(2)3/h8-12H,2,4-7,13H2,1,3H3. The Labute approximate surface area is 192 Å². The summed E-state index contributed by atoms with van der Waals surface area (Å²) in [6.07, 6.45) is -1.15. The van der Waals surface area contributed by atoms with Gasteiger partial charge in [0.05, 0.1) is 0 Å². The maximum absolute atomic E-state index is 12.9. The third-order valence-electron chi connectivity index (χ3n) is 4.48. The van der Waals surface area contributed by atoms with E-state index in [1.54, 1.807) is 19.1 Å². The van der Waals surface area contributed by atoms with Gasteiger partial charge in [0, 0.05) is 20.7 Å². The summed E-state index contributed by atoms with van der Waals surface area (Å²) < 4.78 is 54.1. The number of aryl methyl sites for hydroxylation is 1. The Balaban J connectivity index is 1.83. The molecule has 0 amide bonds. The molecule has 0 aliphatic rings. The van der Waals surface area contributed by atoms with Crippen LogP contribution in [0, 0.1) is 0 Å². The van der Waals surface area contributed by atoms with Crippen molar-refractivity contribution in [3.63, 3.8) is 0 Å². The molecule has 0 N–H and O–H groups in total. The SMILES string of the molecule is C=C(C)C(=O)OCSc1ccc2cc(-c3sc(CCCCC)cc3OC(F)(F)F)oc2c1. The Bertz CT molecular complexity index is 1100. The number of benzene rings is 1. The fraction of sp³-hybridized carbons (Fsp3) is 0.348. The van der Waals surface area contributed by atoms with Crippen molar-refractivity contribution in [3.05, 3.63) is 47.4 Å². The normalized spacial score (nSPS) is 11.7. The molecule has 0 atom stereocenters. The van der Waals surface area contributed by atoms with E-state index in [0.717, 1.165) is 34.4 Å². The van der Waals surface area contributed by atoms with Gasteiger partial charge >= 0.3 is 12.3 Å². The van der Waals surface area contributed by atoms with Crippen LogP contribution in [-0.2, 0) is 16.0 Å². The molecule has 9 heteroatoms. The number of esters is 1. The van der Waals surface area contributed by atoms with Crippen LogP contribution >= 0.6 is 23.1 Å². The Morgan fingerprint density at radius 3 is 2.69 bits per heavy atom. The average Bonchev–Trinajstić information content (AvgIpc) is 3.30. The Morgan fingerprint density at radius 1 is 1.22 bits per heavy atom. The minimum atomic E-state index is -4.78. The molecule has 0 saturated heterocycles. The van der Waals surface area contributed by atoms with Gasteiger partial charge in [-0.1, -0.05) is 38.1 Å². The van der Waals surface area contributed by atoms with Crippen LogP contribution in [0.15, 0.2) is 51.8 Å². The summed E-state index contributed by atoms with van der Waals surface area (Å²) >= 11 is 2.55. The van der Waals surface area contributed by atoms with Crippen molar-refractivity contribution in [2.75, 3.05) is 5.94 Å². The predicted molar refractivity (Wildman–Crippen MR) is 121 cm³/mol. The molecular formula is C23H23F3O4S2. The minimum absolute atomic E-state index is 0.111. The second-order valence-electron chi connectivity index (χ2n) is 7.20. The van der Waals surface area contributed by atoms with E-state index in [-0.39, 0.29) is 11.7 Å². The fourth-order valence-electron chi connectivity index (χ4n) is 2.95. The lowest BCUT2D eigenvalue weighted by Crippen LogP contribution is -2.17. The van der Waals surface area contributed by atoms with Gasteiger partial charge in [0.25, 0.3) is 0 Å². The number of hydrogen-bond acceptors (Lipinski definition) is 6. The maximum Gasteiger partial charge on any atom is 0.573 e. The van der Waals surface area contributed by atoms with E-state index in [1.807, 2.05) is 12.1 Å². The summed E-state index contributed by atoms with van der Waals surface area (Å²) in [5, 5.41) is 0.752. The Kier molecular flexibility index (Phi) is 7.95. The highest BCUT2D eigenvalue weighted by molar-refractivity contribution is 7.99. The van der Waals surface area contributed by atoms with Gasteiger partial charge in [0.15, 0.2) is 5.75 Å². The van der Waals surface area contributed by atoms with E-state index in [9.17, 15) is 18.0 Å². The molecule has 32 heavy (non-hydrogen) atoms. The van der Waals surface area contributed by atoms with E-state index in [4.69, 9.17) is 9.15 Å². The molecule has 1 aromatic carbocycles. The first-order valence-electron chi connectivity index (χ1n) is 10.0. The molecule has 0 bridgehead atoms. The van der Waals surface area contributed by atoms with Gasteiger partial charge in [-0.05, 0) is 50.1 Å². The minimum Gasteiger partial charge on any atom is -0.455 e. The Hall–Kier alpha value is -2.39. The number of ether oxygens (including phenoxy) is 2. The first-order valence-corrected chi connectivity index (χ1v) is 11.8. The number of thioether (sulfide) groups is 1. The van der Waals surface area contributed by atoms with Gasteiger partial charge < -0.3 is 13.9 Å². The molecule has 2 aromatic heterocycles. The van der Waals surface area contributed by atoms with Gasteiger partial charge in [0.2, 0.25) is 0 Å². The molecule has 0 aliphatic heterocycles. The lowest BCUT2D eigenvalue weighted by Gasteiger charge is -2.08. The molecule has 0 fully saturated rings. The van der Waals surface area contributed by atoms with E-state index in [1.165, 1.54) is 29.2 Å². The van der Waals surface area contributed by atoms with Crippen molar-refractivity contribution in [1.29, 1.82) is 0 Å². The van der Waals surface area contributed by atoms with Crippen molar-refractivity contribution >= 4 is 40.0 Å². The lowest BCUT2D eigenvalue weighted by atomic mass is 10.2. The van der Waals surface area contributed by atoms with Crippen LogP contribution in [0.3, 0.4) is 0 Å². The molecule has 172 valence electrons. The average molecular weight is 485 g/mol. The smallest absolute Gasteiger partial charge is 0.455 e. The molecule has 0 radical (unpaired) electrons. The summed E-state index contributed by atoms with van der Waals surface area (Å²) in [4.78, 5) is 13.4. The Morgan fingerprint density at radius 2 is 2.00 bits per heavy atom. The predicted octanol–water partition coefficient (Wildman–Crippen LogP) is 7.96. The second kappa shape index (κ2) is 10.5. The number of furan rings is 1. The number of alkyl halides is 3. The summed E-state index contributed by atoms with van der Waals surface area (Å²) in [6.45, 7) is 7.17. The van der Waals surface area contributed by atoms with E-state index >= 15 is 0 Å². The van der Waals surface area contributed by atoms with Crippen LogP contribution in [0.1, 0.15) is 38.0 Å². The molecule has 0 unspecified atom stereocenters. The number of carbonyl (C=O) groups excluding carboxylic acids is 1. The van der Waals surface area contributed by atoms with Crippen LogP contribution in [0.4, 0.5) is 13.2 Å². The highest BCUT2D eigenvalue weighted by atomic mass is 32.2. The quantitative estimate of drug-likeness (QED) is 0.0960. The van der Waals surface area contributed by atoms with Crippen molar-refractivity contribution in [2.24, 2.45) is 0 Å². The molecule has 4 nitrogen and oxygen atoms in total. The van der Waals surface area contributed by atoms with Crippen LogP contribution < -0.4 is 4.74 Å². The number of unbranched alkanes of at least 4 members (excludes halogenated alkanes) is 2. The van der Waals surface area contributed by atoms with Crippen molar-refractivity contribution in [1.82, 2.24) is 0 Å². The zero-order chi connectivity index (χ0) is 23.3. The number of rotatable bonds is 10. The molecule has 0 spiro atoms. The third kappa shape index (κ3) is 6.56. The van der Waals surface area contributed by atoms with Crippen molar-refractivity contribution in [3.8, 4) is 16.4 Å². The van der Waals surface area contributed by atoms with Gasteiger partial charge in [-0.2, -0.15) is 0 Å². The fourth-order valence-corrected chi connectivity index (χ4v) is 4.69. The van der Waals surface area contributed by atoms with Gasteiger partial charge in [-0.25, -0.2) is 4.79 Å². The highest BCUT2D eigenvalue weighted by Crippen LogP contribution is 2.43. The summed E-state index contributed by atoms with van der Waals surface area (Å²) in [5.74, 6) is -0.278. The second-order valence-corrected chi connectivity index (χ2v) is 9.33. The first kappa shape index (κ1) is 24.3. The van der Waals surface area contributed by atoms with Crippen molar-refractivity contribution in [2.45, 2.75) is 50.8 Å². The molecule has 3 aromatic rings. The summed E-state index contributed by atoms with van der Waals surface area (Å²) in [6, 6.07) is 8.56. The zero-order valence-corrected chi connectivity index (χ0v) is 19.3. The topological polar surface area (TPSA) is 48.7 Å². The number of carbonyl (C=O) groups is 1. The largest absolute Gasteiger partial charge is 0.573 e. The maximum atomic E-state index is 12.9. The van der Waals surface area contributed by atoms with E-state index in [0.29, 0.717) is 28.2 Å². The number of thiophene rings is 1. The van der Waals surface area contributed by atoms with Gasteiger partial charge in [-0.15, -0.1) is 24.5 Å². The number of hydrogen-bond donors (Lipinski definition) is 0. The summed E-state index contributed by atoms with van der Waals surface area (Å²) in [7, 11) is 0. The molecule has 2 heterocycles. The van der Waals surface area contributed by atoms with Gasteiger partial charge in [-0.3, -0.25) is 0 Å². The number of halogens is 3. The third-order valence-corrected chi connectivity index (χ3v) is 6.49. The highest BCUT2D eigenvalue weighted by Gasteiger charge is 2.33. The number of fused-ring (bicyclic) bond motifs is 1. The van der Waals surface area contributed by atoms with Crippen molar-refractivity contribution < 1.29 is 31.9 Å². The van der Waals surface area contributed by atoms with Crippen LogP contribution in [0.5, 0.6) is 5.75 Å². The molecule has 0 saturated carbocycles. The summed E-state index contributed by atoms with van der Waals surface area (Å²) in [5.41, 5.74) is 0.841. The molecule has 0 aliphatic carbocycles. The van der Waals surface area contributed by atoms with E-state index in [2.05, 4.69) is 18.2 Å². The molecule has 3 rings (SSSR count). The van der Waals surface area contributed by atoms with Crippen LogP contribution in [0.2, 0.25) is 0 Å². The lowest BCUT2D eigenvalue weighted by molar-refractivity contribution is -0.274. The molecular weight excluding hydrogens is 461 g/mol. The monoisotopic (exact) mass is 484 g/mol.